The summed E-state index contributed by atoms with van der Waals surface area (Å²) in [4.78, 5) is 23.7. The average Bonchev–Trinajstić information content (AvgIpc) is 2.77. The highest BCUT2D eigenvalue weighted by molar-refractivity contribution is 5.86. The van der Waals surface area contributed by atoms with Crippen molar-refractivity contribution >= 4 is 17.6 Å². The van der Waals surface area contributed by atoms with Crippen LogP contribution in [0.4, 0.5) is 5.69 Å². The first-order chi connectivity index (χ1) is 14.1. The highest BCUT2D eigenvalue weighted by Crippen LogP contribution is 2.15. The van der Waals surface area contributed by atoms with Gasteiger partial charge in [-0.25, -0.2) is 0 Å². The molecule has 0 aromatic heterocycles. The third-order valence-electron chi connectivity index (χ3n) is 5.99. The Morgan fingerprint density at radius 3 is 2.31 bits per heavy atom. The van der Waals surface area contributed by atoms with E-state index in [1.54, 1.807) is 7.05 Å². The van der Waals surface area contributed by atoms with Crippen LogP contribution in [0, 0.1) is 0 Å². The second-order valence-electron chi connectivity index (χ2n) is 8.18. The van der Waals surface area contributed by atoms with Gasteiger partial charge in [-0.15, -0.1) is 0 Å². The van der Waals surface area contributed by atoms with Gasteiger partial charge < -0.3 is 25.3 Å². The number of piperidine rings is 1. The third-order valence-corrected chi connectivity index (χ3v) is 5.99. The van der Waals surface area contributed by atoms with Crippen molar-refractivity contribution in [1.29, 1.82) is 0 Å². The molecule has 2 heterocycles. The molecule has 0 bridgehead atoms. The van der Waals surface area contributed by atoms with Crippen LogP contribution >= 0.6 is 0 Å². The molecule has 1 aromatic carbocycles. The van der Waals surface area contributed by atoms with E-state index in [1.807, 2.05) is 11.0 Å². The molecule has 0 atom stereocenters. The Kier molecular flexibility index (Phi) is 7.75. The van der Waals surface area contributed by atoms with Crippen LogP contribution in [0.25, 0.3) is 0 Å². The van der Waals surface area contributed by atoms with Crippen LogP contribution < -0.4 is 15.5 Å². The predicted octanol–water partition coefficient (Wildman–Crippen LogP) is 1.37. The van der Waals surface area contributed by atoms with Crippen molar-refractivity contribution in [1.82, 2.24) is 20.4 Å². The second-order valence-corrected chi connectivity index (χ2v) is 8.18. The fourth-order valence-electron chi connectivity index (χ4n) is 4.07. The normalized spacial score (nSPS) is 19.5. The van der Waals surface area contributed by atoms with Crippen LogP contribution in [0.15, 0.2) is 35.3 Å². The number of para-hydroxylation sites is 1. The topological polar surface area (TPSA) is 63.2 Å². The fraction of sp³-hybridized carbons (Fsp3) is 0.636. The van der Waals surface area contributed by atoms with E-state index in [0.717, 1.165) is 58.1 Å². The predicted molar refractivity (Wildman–Crippen MR) is 119 cm³/mol. The maximum Gasteiger partial charge on any atom is 0.242 e. The van der Waals surface area contributed by atoms with Gasteiger partial charge in [0.25, 0.3) is 0 Å². The number of benzene rings is 1. The molecular weight excluding hydrogens is 364 g/mol. The number of hydrogen-bond acceptors (Lipinski definition) is 4. The summed E-state index contributed by atoms with van der Waals surface area (Å²) in [6.07, 6.45) is 2.21. The fourth-order valence-corrected chi connectivity index (χ4v) is 4.07. The molecular formula is C22H36N6O. The first-order valence-corrected chi connectivity index (χ1v) is 10.9. The summed E-state index contributed by atoms with van der Waals surface area (Å²) >= 11 is 0. The minimum atomic E-state index is 0.135. The molecule has 0 spiro atoms. The summed E-state index contributed by atoms with van der Waals surface area (Å²) in [5, 5.41) is 6.70. The molecule has 2 fully saturated rings. The molecule has 2 saturated heterocycles. The lowest BCUT2D eigenvalue weighted by Crippen LogP contribution is -2.53. The zero-order chi connectivity index (χ0) is 20.6. The lowest BCUT2D eigenvalue weighted by Gasteiger charge is -2.36. The van der Waals surface area contributed by atoms with Gasteiger partial charge in [-0.1, -0.05) is 18.2 Å². The van der Waals surface area contributed by atoms with Crippen molar-refractivity contribution in [3.63, 3.8) is 0 Å². The van der Waals surface area contributed by atoms with Crippen molar-refractivity contribution in [2.24, 2.45) is 4.99 Å². The Labute approximate surface area is 175 Å². The Morgan fingerprint density at radius 2 is 1.72 bits per heavy atom. The minimum Gasteiger partial charge on any atom is -0.368 e. The van der Waals surface area contributed by atoms with E-state index in [9.17, 15) is 4.79 Å². The van der Waals surface area contributed by atoms with Crippen LogP contribution in [0.5, 0.6) is 0 Å². The van der Waals surface area contributed by atoms with Gasteiger partial charge in [-0.05, 0) is 38.8 Å². The molecule has 2 aliphatic rings. The van der Waals surface area contributed by atoms with Crippen LogP contribution in [-0.2, 0) is 4.79 Å². The summed E-state index contributed by atoms with van der Waals surface area (Å²) < 4.78 is 0. The van der Waals surface area contributed by atoms with Gasteiger partial charge in [0.05, 0.1) is 6.54 Å². The van der Waals surface area contributed by atoms with Gasteiger partial charge >= 0.3 is 0 Å². The van der Waals surface area contributed by atoms with Gasteiger partial charge in [0.1, 0.15) is 0 Å². The van der Waals surface area contributed by atoms with Gasteiger partial charge in [-0.3, -0.25) is 9.79 Å². The molecule has 7 nitrogen and oxygen atoms in total. The lowest BCUT2D eigenvalue weighted by molar-refractivity contribution is -0.130. The van der Waals surface area contributed by atoms with E-state index in [1.165, 1.54) is 5.69 Å². The molecule has 0 radical (unpaired) electrons. The highest BCUT2D eigenvalue weighted by atomic mass is 16.2. The summed E-state index contributed by atoms with van der Waals surface area (Å²) in [5.74, 6) is 0.861. The third kappa shape index (κ3) is 6.10. The number of likely N-dealkylation sites (tertiary alicyclic amines) is 1. The Morgan fingerprint density at radius 1 is 1.07 bits per heavy atom. The van der Waals surface area contributed by atoms with E-state index < -0.39 is 0 Å². The molecule has 160 valence electrons. The number of nitrogens with zero attached hydrogens (tertiary/aromatic N) is 4. The zero-order valence-electron chi connectivity index (χ0n) is 18.1. The molecule has 3 rings (SSSR count). The Hall–Kier alpha value is -2.28. The maximum absolute atomic E-state index is 12.6. The number of carbonyl (C=O) groups excluding carboxylic acids is 1. The van der Waals surface area contributed by atoms with E-state index in [-0.39, 0.29) is 12.5 Å². The number of anilines is 1. The number of nitrogens with one attached hydrogen (secondary N) is 2. The number of carbonyl (C=O) groups is 1. The zero-order valence-corrected chi connectivity index (χ0v) is 18.1. The largest absolute Gasteiger partial charge is 0.368 e. The Balaban J connectivity index is 1.38. The van der Waals surface area contributed by atoms with Crippen molar-refractivity contribution in [2.45, 2.75) is 38.8 Å². The van der Waals surface area contributed by atoms with Crippen molar-refractivity contribution in [3.05, 3.63) is 30.3 Å². The van der Waals surface area contributed by atoms with Crippen LogP contribution in [0.3, 0.4) is 0 Å². The smallest absolute Gasteiger partial charge is 0.242 e. The molecule has 1 amide bonds. The van der Waals surface area contributed by atoms with Crippen molar-refractivity contribution < 1.29 is 4.79 Å². The van der Waals surface area contributed by atoms with E-state index in [2.05, 4.69) is 63.5 Å². The van der Waals surface area contributed by atoms with E-state index in [4.69, 9.17) is 0 Å². The number of piperazine rings is 1. The van der Waals surface area contributed by atoms with E-state index in [0.29, 0.717) is 12.1 Å². The molecule has 1 aromatic rings. The SMILES string of the molecule is CN=C(NCC(=O)N1CCN(c2ccccc2)CC1)NC1CCN(C(C)C)CC1. The van der Waals surface area contributed by atoms with Crippen molar-refractivity contribution in [2.75, 3.05) is 57.8 Å². The molecule has 7 heteroatoms. The van der Waals surface area contributed by atoms with Gasteiger partial charge in [0.2, 0.25) is 5.91 Å². The molecule has 0 saturated carbocycles. The van der Waals surface area contributed by atoms with Crippen molar-refractivity contribution in [3.8, 4) is 0 Å². The quantitative estimate of drug-likeness (QED) is 0.577. The van der Waals surface area contributed by atoms with Crippen LogP contribution in [0.1, 0.15) is 26.7 Å². The molecule has 2 aliphatic heterocycles. The maximum atomic E-state index is 12.6. The lowest BCUT2D eigenvalue weighted by atomic mass is 10.0. The van der Waals surface area contributed by atoms with Gasteiger partial charge in [0.15, 0.2) is 5.96 Å². The van der Waals surface area contributed by atoms with Crippen LogP contribution in [0.2, 0.25) is 0 Å². The average molecular weight is 401 g/mol. The highest BCUT2D eigenvalue weighted by Gasteiger charge is 2.23. The molecule has 29 heavy (non-hydrogen) atoms. The number of rotatable bonds is 5. The minimum absolute atomic E-state index is 0.135. The number of guanidine groups is 1. The second kappa shape index (κ2) is 10.5. The van der Waals surface area contributed by atoms with Gasteiger partial charge in [0, 0.05) is 64.1 Å². The van der Waals surface area contributed by atoms with E-state index >= 15 is 0 Å². The monoisotopic (exact) mass is 400 g/mol. The number of amides is 1. The molecule has 2 N–H and O–H groups in total. The van der Waals surface area contributed by atoms with Crippen LogP contribution in [-0.4, -0.2) is 86.6 Å². The van der Waals surface area contributed by atoms with Gasteiger partial charge in [-0.2, -0.15) is 0 Å². The summed E-state index contributed by atoms with van der Waals surface area (Å²) in [5.41, 5.74) is 1.23. The Bertz CT molecular complexity index is 661. The number of aliphatic imine (C=N–C) groups is 1. The summed E-state index contributed by atoms with van der Waals surface area (Å²) in [7, 11) is 1.77. The summed E-state index contributed by atoms with van der Waals surface area (Å²) in [6, 6.07) is 11.4. The molecule has 0 aliphatic carbocycles. The summed E-state index contributed by atoms with van der Waals surface area (Å²) in [6.45, 7) is 10.3. The standard InChI is InChI=1S/C22H36N6O/c1-18(2)26-11-9-19(10-12-26)25-22(23-3)24-17-21(29)28-15-13-27(14-16-28)20-7-5-4-6-8-20/h4-8,18-19H,9-17H2,1-3H3,(H2,23,24,25). The number of hydrogen-bond donors (Lipinski definition) is 2. The molecule has 0 unspecified atom stereocenters. The first kappa shape index (κ1) is 21.4. The first-order valence-electron chi connectivity index (χ1n) is 10.9.